The summed E-state index contributed by atoms with van der Waals surface area (Å²) >= 11 is 0. The molecule has 0 aliphatic rings. The van der Waals surface area contributed by atoms with Crippen molar-refractivity contribution in [1.82, 2.24) is 10.3 Å². The Kier molecular flexibility index (Phi) is 8.74. The molecule has 0 radical (unpaired) electrons. The summed E-state index contributed by atoms with van der Waals surface area (Å²) in [7, 11) is 6.50. The zero-order valence-corrected chi connectivity index (χ0v) is 19.0. The van der Waals surface area contributed by atoms with Gasteiger partial charge in [-0.05, 0) is 55.4 Å². The Bertz CT molecular complexity index is 971. The molecule has 2 aromatic carbocycles. The maximum Gasteiger partial charge on any atom is 0.162 e. The van der Waals surface area contributed by atoms with E-state index in [9.17, 15) is 0 Å². The van der Waals surface area contributed by atoms with Crippen LogP contribution < -0.4 is 24.3 Å². The minimum atomic E-state index is 0.659. The van der Waals surface area contributed by atoms with E-state index in [2.05, 4.69) is 30.2 Å². The van der Waals surface area contributed by atoms with Crippen LogP contribution in [0.15, 0.2) is 36.4 Å². The van der Waals surface area contributed by atoms with Gasteiger partial charge >= 0.3 is 0 Å². The zero-order chi connectivity index (χ0) is 22.1. The van der Waals surface area contributed by atoms with Crippen molar-refractivity contribution in [3.63, 3.8) is 0 Å². The molecule has 0 fully saturated rings. The van der Waals surface area contributed by atoms with Gasteiger partial charge in [-0.3, -0.25) is 4.98 Å². The third-order valence-corrected chi connectivity index (χ3v) is 4.64. The molecule has 3 rings (SSSR count). The van der Waals surface area contributed by atoms with Gasteiger partial charge in [0.25, 0.3) is 0 Å². The molecule has 0 aliphatic carbocycles. The van der Waals surface area contributed by atoms with E-state index in [-0.39, 0.29) is 0 Å². The fourth-order valence-corrected chi connectivity index (χ4v) is 3.18. The molecule has 0 saturated carbocycles. The lowest BCUT2D eigenvalue weighted by molar-refractivity contribution is 0.355. The van der Waals surface area contributed by atoms with Crippen molar-refractivity contribution in [3.8, 4) is 34.1 Å². The molecule has 0 spiro atoms. The van der Waals surface area contributed by atoms with Crippen LogP contribution in [0.4, 0.5) is 0 Å². The number of nitrogens with one attached hydrogen (secondary N) is 1. The van der Waals surface area contributed by atoms with E-state index in [1.165, 1.54) is 0 Å². The number of fused-ring (bicyclic) bond motifs is 1. The van der Waals surface area contributed by atoms with Gasteiger partial charge in [-0.25, -0.2) is 0 Å². The van der Waals surface area contributed by atoms with Gasteiger partial charge < -0.3 is 24.3 Å². The first-order chi connectivity index (χ1) is 14.5. The highest BCUT2D eigenvalue weighted by Crippen LogP contribution is 2.39. The number of methoxy groups -OCH3 is 4. The number of hydrogen-bond acceptors (Lipinski definition) is 6. The van der Waals surface area contributed by atoms with Crippen molar-refractivity contribution in [3.05, 3.63) is 42.1 Å². The van der Waals surface area contributed by atoms with Gasteiger partial charge in [0.2, 0.25) is 0 Å². The maximum absolute atomic E-state index is 5.45. The van der Waals surface area contributed by atoms with Gasteiger partial charge in [0.05, 0.1) is 34.0 Å². The van der Waals surface area contributed by atoms with Crippen molar-refractivity contribution in [1.29, 1.82) is 0 Å². The lowest BCUT2D eigenvalue weighted by Gasteiger charge is -2.14. The predicted octanol–water partition coefficient (Wildman–Crippen LogP) is 4.86. The molecule has 0 atom stereocenters. The Labute approximate surface area is 179 Å². The molecule has 6 heteroatoms. The summed E-state index contributed by atoms with van der Waals surface area (Å²) in [5, 5.41) is 4.09. The van der Waals surface area contributed by atoms with Crippen LogP contribution in [0.5, 0.6) is 23.0 Å². The molecule has 1 aromatic heterocycles. The average Bonchev–Trinajstić information content (AvgIpc) is 2.78. The standard InChI is InChI=1S/C20H21NO4.C4H11N/c1-12-8-14(13-6-7-17(22-2)18(9-13)23-3)15-10-19(24-4)20(25-5)11-16(15)21-12;1-3-5-4-2/h6-11H,1-5H3;5H,3-4H2,1-2H3. The highest BCUT2D eigenvalue weighted by Gasteiger charge is 2.14. The van der Waals surface area contributed by atoms with Crippen molar-refractivity contribution in [2.45, 2.75) is 20.8 Å². The van der Waals surface area contributed by atoms with Crippen molar-refractivity contribution < 1.29 is 18.9 Å². The number of pyridine rings is 1. The first kappa shape index (κ1) is 23.3. The lowest BCUT2D eigenvalue weighted by atomic mass is 9.99. The van der Waals surface area contributed by atoms with E-state index >= 15 is 0 Å². The Morgan fingerprint density at radius 1 is 0.733 bits per heavy atom. The monoisotopic (exact) mass is 412 g/mol. The Balaban J connectivity index is 0.000000575. The van der Waals surface area contributed by atoms with Crippen LogP contribution in [0.3, 0.4) is 0 Å². The predicted molar refractivity (Wildman–Crippen MR) is 122 cm³/mol. The van der Waals surface area contributed by atoms with E-state index in [1.54, 1.807) is 28.4 Å². The molecule has 3 aromatic rings. The number of aryl methyl sites for hydroxylation is 1. The number of hydrogen-bond donors (Lipinski definition) is 1. The molecular weight excluding hydrogens is 380 g/mol. The summed E-state index contributed by atoms with van der Waals surface area (Å²) in [6.45, 7) is 8.36. The number of rotatable bonds is 7. The summed E-state index contributed by atoms with van der Waals surface area (Å²) in [5.41, 5.74) is 3.83. The average molecular weight is 413 g/mol. The quantitative estimate of drug-likeness (QED) is 0.598. The van der Waals surface area contributed by atoms with E-state index < -0.39 is 0 Å². The van der Waals surface area contributed by atoms with Gasteiger partial charge in [-0.2, -0.15) is 0 Å². The highest BCUT2D eigenvalue weighted by molar-refractivity contribution is 5.97. The molecular formula is C24H32N2O4. The minimum absolute atomic E-state index is 0.659. The molecule has 0 unspecified atom stereocenters. The third kappa shape index (κ3) is 5.33. The summed E-state index contributed by atoms with van der Waals surface area (Å²) in [4.78, 5) is 4.63. The summed E-state index contributed by atoms with van der Waals surface area (Å²) in [6.07, 6.45) is 0. The minimum Gasteiger partial charge on any atom is -0.493 e. The van der Waals surface area contributed by atoms with Gasteiger partial charge in [0.15, 0.2) is 23.0 Å². The van der Waals surface area contributed by atoms with E-state index in [1.807, 2.05) is 37.3 Å². The van der Waals surface area contributed by atoms with Crippen LogP contribution in [0.2, 0.25) is 0 Å². The lowest BCUT2D eigenvalue weighted by Crippen LogP contribution is -2.09. The smallest absolute Gasteiger partial charge is 0.162 e. The van der Waals surface area contributed by atoms with Crippen LogP contribution in [-0.4, -0.2) is 46.5 Å². The molecule has 1 heterocycles. The maximum atomic E-state index is 5.45. The molecule has 0 amide bonds. The molecule has 0 saturated heterocycles. The Morgan fingerprint density at radius 3 is 1.83 bits per heavy atom. The van der Waals surface area contributed by atoms with Crippen molar-refractivity contribution in [2.75, 3.05) is 41.5 Å². The van der Waals surface area contributed by atoms with Crippen LogP contribution in [-0.2, 0) is 0 Å². The second-order valence-corrected chi connectivity index (χ2v) is 6.56. The van der Waals surface area contributed by atoms with Gasteiger partial charge in [-0.15, -0.1) is 0 Å². The molecule has 1 N–H and O–H groups in total. The topological polar surface area (TPSA) is 61.8 Å². The second kappa shape index (κ2) is 11.3. The second-order valence-electron chi connectivity index (χ2n) is 6.56. The Morgan fingerprint density at radius 2 is 1.30 bits per heavy atom. The normalized spacial score (nSPS) is 10.2. The van der Waals surface area contributed by atoms with E-state index in [0.717, 1.165) is 40.8 Å². The first-order valence-corrected chi connectivity index (χ1v) is 9.99. The summed E-state index contributed by atoms with van der Waals surface area (Å²) < 4.78 is 21.6. The fourth-order valence-electron chi connectivity index (χ4n) is 3.18. The van der Waals surface area contributed by atoms with Gasteiger partial charge in [-0.1, -0.05) is 19.9 Å². The number of benzene rings is 2. The molecule has 162 valence electrons. The van der Waals surface area contributed by atoms with Crippen LogP contribution in [0.25, 0.3) is 22.0 Å². The van der Waals surface area contributed by atoms with Gasteiger partial charge in [0.1, 0.15) is 0 Å². The van der Waals surface area contributed by atoms with Crippen LogP contribution >= 0.6 is 0 Å². The van der Waals surface area contributed by atoms with Crippen LogP contribution in [0.1, 0.15) is 19.5 Å². The molecule has 0 bridgehead atoms. The highest BCUT2D eigenvalue weighted by atomic mass is 16.5. The van der Waals surface area contributed by atoms with Crippen molar-refractivity contribution in [2.24, 2.45) is 0 Å². The zero-order valence-electron chi connectivity index (χ0n) is 19.0. The van der Waals surface area contributed by atoms with Crippen LogP contribution in [0, 0.1) is 6.92 Å². The third-order valence-electron chi connectivity index (χ3n) is 4.64. The molecule has 0 aliphatic heterocycles. The van der Waals surface area contributed by atoms with E-state index in [4.69, 9.17) is 18.9 Å². The summed E-state index contributed by atoms with van der Waals surface area (Å²) in [5.74, 6) is 2.71. The SMILES string of the molecule is CCNCC.COc1ccc(-c2cc(C)nc3cc(OC)c(OC)cc23)cc1OC. The van der Waals surface area contributed by atoms with Gasteiger partial charge in [0, 0.05) is 17.1 Å². The first-order valence-electron chi connectivity index (χ1n) is 9.99. The largest absolute Gasteiger partial charge is 0.493 e. The molecule has 30 heavy (non-hydrogen) atoms. The Hall–Kier alpha value is -2.99. The van der Waals surface area contributed by atoms with E-state index in [0.29, 0.717) is 23.0 Å². The summed E-state index contributed by atoms with van der Waals surface area (Å²) in [6, 6.07) is 11.8. The number of ether oxygens (including phenoxy) is 4. The number of nitrogens with zero attached hydrogens (tertiary/aromatic N) is 1. The number of aromatic nitrogens is 1. The fraction of sp³-hybridized carbons (Fsp3) is 0.375. The molecule has 6 nitrogen and oxygen atoms in total. The van der Waals surface area contributed by atoms with Crippen molar-refractivity contribution >= 4 is 10.9 Å².